The van der Waals surface area contributed by atoms with Gasteiger partial charge in [-0.05, 0) is 55.5 Å². The maximum Gasteiger partial charge on any atom is 0.274 e. The average molecular weight is 367 g/mol. The molecule has 3 rings (SSSR count). The number of pyridine rings is 1. The molecule has 7 heteroatoms. The van der Waals surface area contributed by atoms with E-state index in [0.29, 0.717) is 11.3 Å². The molecule has 0 saturated heterocycles. The third-order valence-corrected chi connectivity index (χ3v) is 3.78. The van der Waals surface area contributed by atoms with Gasteiger partial charge in [-0.25, -0.2) is 13.8 Å². The van der Waals surface area contributed by atoms with Crippen LogP contribution in [0.4, 0.5) is 25.8 Å². The number of amides is 1. The van der Waals surface area contributed by atoms with Gasteiger partial charge in [0.25, 0.3) is 5.91 Å². The lowest BCUT2D eigenvalue weighted by Gasteiger charge is -2.09. The summed E-state index contributed by atoms with van der Waals surface area (Å²) in [6.07, 6.45) is 1.42. The number of hydrogen-bond donors (Lipinski definition) is 2. The molecule has 1 heterocycles. The Balaban J connectivity index is 1.69. The van der Waals surface area contributed by atoms with E-state index in [4.69, 9.17) is 0 Å². The van der Waals surface area contributed by atoms with Crippen molar-refractivity contribution in [2.75, 3.05) is 10.6 Å². The van der Waals surface area contributed by atoms with Gasteiger partial charge in [0.15, 0.2) is 5.78 Å². The van der Waals surface area contributed by atoms with Gasteiger partial charge in [-0.1, -0.05) is 6.07 Å². The summed E-state index contributed by atoms with van der Waals surface area (Å²) in [6, 6.07) is 13.2. The van der Waals surface area contributed by atoms with Crippen LogP contribution in [0.15, 0.2) is 60.8 Å². The maximum absolute atomic E-state index is 13.6. The first-order valence-corrected chi connectivity index (χ1v) is 8.03. The third kappa shape index (κ3) is 4.33. The number of nitrogens with one attached hydrogen (secondary N) is 2. The van der Waals surface area contributed by atoms with Crippen molar-refractivity contribution in [1.29, 1.82) is 0 Å². The number of hydrogen-bond acceptors (Lipinski definition) is 4. The quantitative estimate of drug-likeness (QED) is 0.649. The van der Waals surface area contributed by atoms with Gasteiger partial charge < -0.3 is 10.6 Å². The molecule has 1 amide bonds. The molecule has 1 aromatic heterocycles. The molecule has 0 aliphatic carbocycles. The van der Waals surface area contributed by atoms with E-state index in [1.54, 1.807) is 30.3 Å². The predicted molar refractivity (Wildman–Crippen MR) is 98.3 cm³/mol. The Labute approximate surface area is 154 Å². The number of carbonyl (C=O) groups excluding carboxylic acids is 2. The highest BCUT2D eigenvalue weighted by molar-refractivity contribution is 6.03. The van der Waals surface area contributed by atoms with Crippen molar-refractivity contribution >= 4 is 28.8 Å². The lowest BCUT2D eigenvalue weighted by Crippen LogP contribution is -2.15. The molecule has 5 nitrogen and oxygen atoms in total. The normalized spacial score (nSPS) is 10.3. The molecule has 3 aromatic rings. The molecule has 0 atom stereocenters. The van der Waals surface area contributed by atoms with Crippen molar-refractivity contribution in [1.82, 2.24) is 4.98 Å². The van der Waals surface area contributed by atoms with Crippen molar-refractivity contribution in [2.45, 2.75) is 6.92 Å². The fourth-order valence-electron chi connectivity index (χ4n) is 2.35. The first kappa shape index (κ1) is 18.2. The van der Waals surface area contributed by atoms with Crippen LogP contribution in [0.1, 0.15) is 27.8 Å². The van der Waals surface area contributed by atoms with Crippen molar-refractivity contribution in [3.63, 3.8) is 0 Å². The highest BCUT2D eigenvalue weighted by Gasteiger charge is 2.14. The highest BCUT2D eigenvalue weighted by Crippen LogP contribution is 2.20. The lowest BCUT2D eigenvalue weighted by atomic mass is 10.1. The largest absolute Gasteiger partial charge is 0.354 e. The Morgan fingerprint density at radius 2 is 1.52 bits per heavy atom. The summed E-state index contributed by atoms with van der Waals surface area (Å²) in [5, 5.41) is 5.26. The SMILES string of the molecule is CC(=O)c1ccc(Nc2ccc(C(=O)Nc3c(F)cccc3F)nc2)cc1. The van der Waals surface area contributed by atoms with Crippen LogP contribution >= 0.6 is 0 Å². The van der Waals surface area contributed by atoms with Crippen LogP contribution in [-0.4, -0.2) is 16.7 Å². The van der Waals surface area contributed by atoms with Crippen LogP contribution in [0, 0.1) is 11.6 Å². The van der Waals surface area contributed by atoms with Crippen LogP contribution < -0.4 is 10.6 Å². The zero-order valence-electron chi connectivity index (χ0n) is 14.3. The summed E-state index contributed by atoms with van der Waals surface area (Å²) in [7, 11) is 0. The number of para-hydroxylation sites is 1. The molecule has 0 aliphatic rings. The van der Waals surface area contributed by atoms with Gasteiger partial charge in [-0.2, -0.15) is 0 Å². The van der Waals surface area contributed by atoms with Crippen LogP contribution in [-0.2, 0) is 0 Å². The summed E-state index contributed by atoms with van der Waals surface area (Å²) in [5.41, 5.74) is 1.45. The first-order chi connectivity index (χ1) is 12.9. The number of anilines is 3. The fraction of sp³-hybridized carbons (Fsp3) is 0.0500. The minimum absolute atomic E-state index is 0.00938. The number of aromatic nitrogens is 1. The van der Waals surface area contributed by atoms with Crippen molar-refractivity contribution in [2.24, 2.45) is 0 Å². The van der Waals surface area contributed by atoms with Crippen molar-refractivity contribution in [3.05, 3.63) is 83.7 Å². The second-order valence-corrected chi connectivity index (χ2v) is 5.74. The smallest absolute Gasteiger partial charge is 0.274 e. The summed E-state index contributed by atoms with van der Waals surface area (Å²) in [4.78, 5) is 27.4. The summed E-state index contributed by atoms with van der Waals surface area (Å²) in [6.45, 7) is 1.49. The van der Waals surface area contributed by atoms with E-state index in [1.165, 1.54) is 25.3 Å². The third-order valence-electron chi connectivity index (χ3n) is 3.78. The Morgan fingerprint density at radius 3 is 2.07 bits per heavy atom. The second kappa shape index (κ2) is 7.74. The number of Topliss-reactive ketones (excluding diaryl/α,β-unsaturated/α-hetero) is 1. The highest BCUT2D eigenvalue weighted by atomic mass is 19.1. The van der Waals surface area contributed by atoms with Gasteiger partial charge >= 0.3 is 0 Å². The monoisotopic (exact) mass is 367 g/mol. The van der Waals surface area contributed by atoms with E-state index in [9.17, 15) is 18.4 Å². The van der Waals surface area contributed by atoms with Gasteiger partial charge in [-0.3, -0.25) is 9.59 Å². The maximum atomic E-state index is 13.6. The topological polar surface area (TPSA) is 71.1 Å². The Bertz CT molecular complexity index is 967. The molecule has 0 aliphatic heterocycles. The average Bonchev–Trinajstić information content (AvgIpc) is 2.66. The zero-order chi connectivity index (χ0) is 19.4. The van der Waals surface area contributed by atoms with Crippen molar-refractivity contribution in [3.8, 4) is 0 Å². The predicted octanol–water partition coefficient (Wildman–Crippen LogP) is 4.56. The van der Waals surface area contributed by atoms with Gasteiger partial charge in [0.1, 0.15) is 23.0 Å². The van der Waals surface area contributed by atoms with Gasteiger partial charge in [0.2, 0.25) is 0 Å². The van der Waals surface area contributed by atoms with Crippen molar-refractivity contribution < 1.29 is 18.4 Å². The lowest BCUT2D eigenvalue weighted by molar-refractivity contribution is 0.101. The van der Waals surface area contributed by atoms with Crippen LogP contribution in [0.25, 0.3) is 0 Å². The molecule has 2 aromatic carbocycles. The summed E-state index contributed by atoms with van der Waals surface area (Å²) < 4.78 is 27.2. The molecule has 0 bridgehead atoms. The van der Waals surface area contributed by atoms with Gasteiger partial charge in [0, 0.05) is 11.3 Å². The Hall–Kier alpha value is -3.61. The van der Waals surface area contributed by atoms with E-state index in [2.05, 4.69) is 15.6 Å². The number of ketones is 1. The molecule has 0 unspecified atom stereocenters. The standard InChI is InChI=1S/C20H15F2N3O2/c1-12(26)13-5-7-14(8-6-13)24-15-9-10-18(23-11-15)20(27)25-19-16(21)3-2-4-17(19)22/h2-11,24H,1H3,(H,25,27). The molecule has 27 heavy (non-hydrogen) atoms. The molecule has 136 valence electrons. The minimum Gasteiger partial charge on any atom is -0.354 e. The van der Waals surface area contributed by atoms with Crippen LogP contribution in [0.5, 0.6) is 0 Å². The van der Waals surface area contributed by atoms with E-state index >= 15 is 0 Å². The molecule has 0 fully saturated rings. The number of halogens is 2. The molecular formula is C20H15F2N3O2. The molecule has 0 spiro atoms. The minimum atomic E-state index is -0.865. The Morgan fingerprint density at radius 1 is 0.889 bits per heavy atom. The molecular weight excluding hydrogens is 352 g/mol. The van der Waals surface area contributed by atoms with Gasteiger partial charge in [-0.15, -0.1) is 0 Å². The van der Waals surface area contributed by atoms with E-state index in [-0.39, 0.29) is 11.5 Å². The number of rotatable bonds is 5. The first-order valence-electron chi connectivity index (χ1n) is 8.03. The number of nitrogens with zero attached hydrogens (tertiary/aromatic N) is 1. The molecule has 2 N–H and O–H groups in total. The van der Waals surface area contributed by atoms with Crippen LogP contribution in [0.2, 0.25) is 0 Å². The van der Waals surface area contributed by atoms with E-state index in [0.717, 1.165) is 17.8 Å². The summed E-state index contributed by atoms with van der Waals surface area (Å²) in [5.74, 6) is -2.48. The summed E-state index contributed by atoms with van der Waals surface area (Å²) >= 11 is 0. The fourth-order valence-corrected chi connectivity index (χ4v) is 2.35. The van der Waals surface area contributed by atoms with E-state index < -0.39 is 23.2 Å². The second-order valence-electron chi connectivity index (χ2n) is 5.74. The van der Waals surface area contributed by atoms with E-state index in [1.807, 2.05) is 0 Å². The number of carbonyl (C=O) groups is 2. The zero-order valence-corrected chi connectivity index (χ0v) is 14.3. The molecule has 0 saturated carbocycles. The Kier molecular flexibility index (Phi) is 5.21. The molecule has 0 radical (unpaired) electrons. The van der Waals surface area contributed by atoms with Crippen LogP contribution in [0.3, 0.4) is 0 Å². The number of benzene rings is 2. The van der Waals surface area contributed by atoms with Gasteiger partial charge in [0.05, 0.1) is 11.9 Å².